The standard InChI is InChI=1S/C13H22ClN5/c1-9-5-4-6-10(7-9)8-15-12-16-11(14)17-13(18-12)19(2)3/h9-10H,4-8H2,1-3H3,(H,15,16,17,18). The molecule has 0 bridgehead atoms. The van der Waals surface area contributed by atoms with Gasteiger partial charge in [0.2, 0.25) is 17.2 Å². The molecule has 0 aromatic carbocycles. The first-order chi connectivity index (χ1) is 9.04. The molecule has 6 heteroatoms. The van der Waals surface area contributed by atoms with Gasteiger partial charge in [-0.25, -0.2) is 0 Å². The lowest BCUT2D eigenvalue weighted by atomic mass is 9.82. The normalized spacial score (nSPS) is 23.2. The van der Waals surface area contributed by atoms with Crippen molar-refractivity contribution >= 4 is 23.5 Å². The molecule has 1 heterocycles. The Morgan fingerprint density at radius 3 is 2.74 bits per heavy atom. The van der Waals surface area contributed by atoms with Gasteiger partial charge in [-0.3, -0.25) is 0 Å². The largest absolute Gasteiger partial charge is 0.354 e. The second kappa shape index (κ2) is 6.37. The van der Waals surface area contributed by atoms with Gasteiger partial charge in [0.1, 0.15) is 0 Å². The summed E-state index contributed by atoms with van der Waals surface area (Å²) >= 11 is 5.91. The van der Waals surface area contributed by atoms with E-state index in [2.05, 4.69) is 27.2 Å². The fraction of sp³-hybridized carbons (Fsp3) is 0.769. The highest BCUT2D eigenvalue weighted by Crippen LogP contribution is 2.28. The van der Waals surface area contributed by atoms with Crippen molar-refractivity contribution in [2.75, 3.05) is 30.9 Å². The Hall–Kier alpha value is -1.10. The fourth-order valence-electron chi connectivity index (χ4n) is 2.60. The Morgan fingerprint density at radius 1 is 1.26 bits per heavy atom. The molecule has 1 aromatic rings. The summed E-state index contributed by atoms with van der Waals surface area (Å²) in [4.78, 5) is 14.4. The van der Waals surface area contributed by atoms with E-state index in [0.29, 0.717) is 17.8 Å². The molecule has 1 N–H and O–H groups in total. The van der Waals surface area contributed by atoms with Gasteiger partial charge in [0.15, 0.2) is 0 Å². The summed E-state index contributed by atoms with van der Waals surface area (Å²) in [5, 5.41) is 3.53. The van der Waals surface area contributed by atoms with Gasteiger partial charge in [0, 0.05) is 20.6 Å². The van der Waals surface area contributed by atoms with E-state index in [4.69, 9.17) is 11.6 Å². The summed E-state index contributed by atoms with van der Waals surface area (Å²) in [6.45, 7) is 3.24. The number of aromatic nitrogens is 3. The van der Waals surface area contributed by atoms with E-state index in [1.54, 1.807) is 0 Å². The number of halogens is 1. The quantitative estimate of drug-likeness (QED) is 0.921. The van der Waals surface area contributed by atoms with Crippen molar-refractivity contribution in [2.45, 2.75) is 32.6 Å². The van der Waals surface area contributed by atoms with Gasteiger partial charge in [-0.15, -0.1) is 0 Å². The van der Waals surface area contributed by atoms with Crippen molar-refractivity contribution < 1.29 is 0 Å². The van der Waals surface area contributed by atoms with Crippen LogP contribution in [-0.2, 0) is 0 Å². The lowest BCUT2D eigenvalue weighted by Gasteiger charge is -2.26. The Balaban J connectivity index is 1.95. The molecular formula is C13H22ClN5. The molecule has 2 rings (SSSR count). The monoisotopic (exact) mass is 283 g/mol. The molecule has 2 unspecified atom stereocenters. The summed E-state index contributed by atoms with van der Waals surface area (Å²) in [6, 6.07) is 0. The van der Waals surface area contributed by atoms with Crippen LogP contribution in [-0.4, -0.2) is 35.6 Å². The zero-order valence-corrected chi connectivity index (χ0v) is 12.6. The highest BCUT2D eigenvalue weighted by atomic mass is 35.5. The maximum Gasteiger partial charge on any atom is 0.230 e. The average Bonchev–Trinajstić information content (AvgIpc) is 2.36. The van der Waals surface area contributed by atoms with E-state index in [1.165, 1.54) is 25.7 Å². The second-order valence-electron chi connectivity index (χ2n) is 5.64. The zero-order chi connectivity index (χ0) is 13.8. The molecule has 1 aromatic heterocycles. The number of rotatable bonds is 4. The van der Waals surface area contributed by atoms with Gasteiger partial charge in [-0.1, -0.05) is 19.8 Å². The van der Waals surface area contributed by atoms with Crippen LogP contribution in [0.3, 0.4) is 0 Å². The van der Waals surface area contributed by atoms with Crippen LogP contribution in [0.1, 0.15) is 32.6 Å². The zero-order valence-electron chi connectivity index (χ0n) is 11.9. The minimum absolute atomic E-state index is 0.234. The smallest absolute Gasteiger partial charge is 0.230 e. The highest BCUT2D eigenvalue weighted by Gasteiger charge is 2.19. The fourth-order valence-corrected chi connectivity index (χ4v) is 2.76. The van der Waals surface area contributed by atoms with E-state index in [0.717, 1.165) is 12.5 Å². The maximum absolute atomic E-state index is 5.91. The molecule has 1 aliphatic rings. The average molecular weight is 284 g/mol. The summed E-state index contributed by atoms with van der Waals surface area (Å²) in [5.74, 6) is 2.70. The van der Waals surface area contributed by atoms with Crippen LogP contribution >= 0.6 is 11.6 Å². The molecule has 5 nitrogen and oxygen atoms in total. The molecule has 0 aliphatic heterocycles. The van der Waals surface area contributed by atoms with Gasteiger partial charge >= 0.3 is 0 Å². The summed E-state index contributed by atoms with van der Waals surface area (Å²) in [5.41, 5.74) is 0. The maximum atomic E-state index is 5.91. The van der Waals surface area contributed by atoms with E-state index in [9.17, 15) is 0 Å². The first-order valence-electron chi connectivity index (χ1n) is 6.87. The van der Waals surface area contributed by atoms with E-state index in [-0.39, 0.29) is 5.28 Å². The van der Waals surface area contributed by atoms with E-state index in [1.807, 2.05) is 19.0 Å². The van der Waals surface area contributed by atoms with Crippen LogP contribution in [0.15, 0.2) is 0 Å². The number of hydrogen-bond donors (Lipinski definition) is 1. The van der Waals surface area contributed by atoms with Crippen molar-refractivity contribution in [3.8, 4) is 0 Å². The number of nitrogens with zero attached hydrogens (tertiary/aromatic N) is 4. The predicted molar refractivity (Wildman–Crippen MR) is 78.8 cm³/mol. The molecule has 1 fully saturated rings. The summed E-state index contributed by atoms with van der Waals surface area (Å²) < 4.78 is 0. The molecule has 19 heavy (non-hydrogen) atoms. The van der Waals surface area contributed by atoms with Crippen LogP contribution < -0.4 is 10.2 Å². The van der Waals surface area contributed by atoms with Crippen molar-refractivity contribution in [3.63, 3.8) is 0 Å². The van der Waals surface area contributed by atoms with Crippen molar-refractivity contribution in [3.05, 3.63) is 5.28 Å². The van der Waals surface area contributed by atoms with Gasteiger partial charge in [0.05, 0.1) is 0 Å². The Labute approximate surface area is 119 Å². The molecule has 106 valence electrons. The van der Waals surface area contributed by atoms with Crippen molar-refractivity contribution in [2.24, 2.45) is 11.8 Å². The van der Waals surface area contributed by atoms with Crippen molar-refractivity contribution in [1.29, 1.82) is 0 Å². The Morgan fingerprint density at radius 2 is 2.05 bits per heavy atom. The van der Waals surface area contributed by atoms with Gasteiger partial charge in [0.25, 0.3) is 0 Å². The number of hydrogen-bond acceptors (Lipinski definition) is 5. The third kappa shape index (κ3) is 4.20. The minimum atomic E-state index is 0.234. The first kappa shape index (κ1) is 14.3. The third-order valence-electron chi connectivity index (χ3n) is 3.59. The van der Waals surface area contributed by atoms with Crippen LogP contribution in [0, 0.1) is 11.8 Å². The summed E-state index contributed by atoms with van der Waals surface area (Å²) in [6.07, 6.45) is 5.26. The SMILES string of the molecule is CC1CCCC(CNc2nc(Cl)nc(N(C)C)n2)C1. The lowest BCUT2D eigenvalue weighted by Crippen LogP contribution is -2.22. The second-order valence-corrected chi connectivity index (χ2v) is 5.98. The minimum Gasteiger partial charge on any atom is -0.354 e. The molecular weight excluding hydrogens is 262 g/mol. The van der Waals surface area contributed by atoms with Gasteiger partial charge in [-0.05, 0) is 36.3 Å². The van der Waals surface area contributed by atoms with E-state index >= 15 is 0 Å². The number of nitrogens with one attached hydrogen (secondary N) is 1. The third-order valence-corrected chi connectivity index (χ3v) is 3.76. The van der Waals surface area contributed by atoms with Gasteiger partial charge < -0.3 is 10.2 Å². The molecule has 0 amide bonds. The van der Waals surface area contributed by atoms with Gasteiger partial charge in [-0.2, -0.15) is 15.0 Å². The van der Waals surface area contributed by atoms with Crippen molar-refractivity contribution in [1.82, 2.24) is 15.0 Å². The first-order valence-corrected chi connectivity index (χ1v) is 7.25. The van der Waals surface area contributed by atoms with Crippen LogP contribution in [0.25, 0.3) is 0 Å². The Bertz CT molecular complexity index is 423. The molecule has 0 spiro atoms. The van der Waals surface area contributed by atoms with Crippen LogP contribution in [0.2, 0.25) is 5.28 Å². The van der Waals surface area contributed by atoms with Crippen LogP contribution in [0.5, 0.6) is 0 Å². The molecule has 0 saturated heterocycles. The van der Waals surface area contributed by atoms with E-state index < -0.39 is 0 Å². The summed E-state index contributed by atoms with van der Waals surface area (Å²) in [7, 11) is 3.77. The Kier molecular flexibility index (Phi) is 4.80. The molecule has 2 atom stereocenters. The number of anilines is 2. The molecule has 1 aliphatic carbocycles. The highest BCUT2D eigenvalue weighted by molar-refractivity contribution is 6.28. The topological polar surface area (TPSA) is 53.9 Å². The lowest BCUT2D eigenvalue weighted by molar-refractivity contribution is 0.293. The molecule has 1 saturated carbocycles. The molecule has 0 radical (unpaired) electrons. The van der Waals surface area contributed by atoms with Crippen LogP contribution in [0.4, 0.5) is 11.9 Å². The predicted octanol–water partition coefficient (Wildman–Crippen LogP) is 2.83.